The molecule has 5 nitrogen and oxygen atoms in total. The summed E-state index contributed by atoms with van der Waals surface area (Å²) in [7, 11) is 0. The minimum atomic E-state index is 0.0337. The van der Waals surface area contributed by atoms with Crippen molar-refractivity contribution in [3.63, 3.8) is 0 Å². The van der Waals surface area contributed by atoms with Gasteiger partial charge >= 0.3 is 0 Å². The van der Waals surface area contributed by atoms with E-state index < -0.39 is 0 Å². The quantitative estimate of drug-likeness (QED) is 0.877. The van der Waals surface area contributed by atoms with E-state index in [1.54, 1.807) is 0 Å². The standard InChI is InChI=1S/C14H21N3O2/c1-2-11-12(16-10-19-11)13(18)17-7-4-14(5-8-17)3-6-15-9-14/h10,15H,2-9H2,1H3. The molecule has 0 atom stereocenters. The number of rotatable bonds is 2. The summed E-state index contributed by atoms with van der Waals surface area (Å²) in [6.07, 6.45) is 5.54. The van der Waals surface area contributed by atoms with Gasteiger partial charge in [-0.3, -0.25) is 4.79 Å². The van der Waals surface area contributed by atoms with Crippen LogP contribution < -0.4 is 5.32 Å². The van der Waals surface area contributed by atoms with Gasteiger partial charge in [-0.1, -0.05) is 6.92 Å². The second-order valence-corrected chi connectivity index (χ2v) is 5.70. The maximum absolute atomic E-state index is 12.4. The molecule has 0 unspecified atom stereocenters. The van der Waals surface area contributed by atoms with E-state index in [0.29, 0.717) is 23.3 Å². The molecule has 3 rings (SSSR count). The van der Waals surface area contributed by atoms with Crippen molar-refractivity contribution >= 4 is 5.91 Å². The number of hydrogen-bond donors (Lipinski definition) is 1. The number of carbonyl (C=O) groups is 1. The summed E-state index contributed by atoms with van der Waals surface area (Å²) in [5, 5.41) is 3.44. The van der Waals surface area contributed by atoms with Gasteiger partial charge in [0.05, 0.1) is 0 Å². The summed E-state index contributed by atoms with van der Waals surface area (Å²) in [6.45, 7) is 5.90. The predicted molar refractivity (Wildman–Crippen MR) is 70.9 cm³/mol. The van der Waals surface area contributed by atoms with Gasteiger partial charge in [-0.2, -0.15) is 0 Å². The Morgan fingerprint density at radius 3 is 2.89 bits per heavy atom. The molecule has 19 heavy (non-hydrogen) atoms. The molecular formula is C14H21N3O2. The average molecular weight is 263 g/mol. The van der Waals surface area contributed by atoms with E-state index in [1.807, 2.05) is 11.8 Å². The third-order valence-corrected chi connectivity index (χ3v) is 4.61. The van der Waals surface area contributed by atoms with Gasteiger partial charge in [-0.15, -0.1) is 0 Å². The van der Waals surface area contributed by atoms with Gasteiger partial charge < -0.3 is 14.6 Å². The Labute approximate surface area is 113 Å². The molecule has 2 saturated heterocycles. The molecule has 0 bridgehead atoms. The lowest BCUT2D eigenvalue weighted by Gasteiger charge is -2.38. The molecule has 2 aliphatic rings. The van der Waals surface area contributed by atoms with Gasteiger partial charge in [0.25, 0.3) is 5.91 Å². The van der Waals surface area contributed by atoms with E-state index in [-0.39, 0.29) is 5.91 Å². The minimum absolute atomic E-state index is 0.0337. The van der Waals surface area contributed by atoms with Crippen LogP contribution in [0.15, 0.2) is 10.8 Å². The fraction of sp³-hybridized carbons (Fsp3) is 0.714. The Morgan fingerprint density at radius 1 is 1.47 bits per heavy atom. The van der Waals surface area contributed by atoms with Crippen molar-refractivity contribution in [3.8, 4) is 0 Å². The molecule has 2 fully saturated rings. The van der Waals surface area contributed by atoms with Gasteiger partial charge in [0, 0.05) is 26.1 Å². The van der Waals surface area contributed by atoms with Gasteiger partial charge in [0.1, 0.15) is 5.76 Å². The number of likely N-dealkylation sites (tertiary alicyclic amines) is 1. The predicted octanol–water partition coefficient (Wildman–Crippen LogP) is 1.45. The number of nitrogens with one attached hydrogen (secondary N) is 1. The SMILES string of the molecule is CCc1ocnc1C(=O)N1CCC2(CCNC2)CC1. The molecule has 1 amide bonds. The normalized spacial score (nSPS) is 22.1. The summed E-state index contributed by atoms with van der Waals surface area (Å²) in [5.74, 6) is 0.735. The molecule has 0 saturated carbocycles. The van der Waals surface area contributed by atoms with E-state index in [9.17, 15) is 4.79 Å². The fourth-order valence-electron chi connectivity index (χ4n) is 3.25. The first-order valence-electron chi connectivity index (χ1n) is 7.16. The van der Waals surface area contributed by atoms with Crippen molar-refractivity contribution in [1.29, 1.82) is 0 Å². The van der Waals surface area contributed by atoms with Crippen LogP contribution in [0.2, 0.25) is 0 Å². The lowest BCUT2D eigenvalue weighted by molar-refractivity contribution is 0.0600. The van der Waals surface area contributed by atoms with Crippen LogP contribution in [-0.2, 0) is 6.42 Å². The lowest BCUT2D eigenvalue weighted by Crippen LogP contribution is -2.44. The van der Waals surface area contributed by atoms with Crippen LogP contribution in [0.25, 0.3) is 0 Å². The summed E-state index contributed by atoms with van der Waals surface area (Å²) >= 11 is 0. The fourth-order valence-corrected chi connectivity index (χ4v) is 3.25. The monoisotopic (exact) mass is 263 g/mol. The van der Waals surface area contributed by atoms with Crippen LogP contribution in [0.1, 0.15) is 42.4 Å². The number of amides is 1. The summed E-state index contributed by atoms with van der Waals surface area (Å²) in [4.78, 5) is 18.4. The van der Waals surface area contributed by atoms with E-state index in [0.717, 1.165) is 39.0 Å². The molecule has 2 aliphatic heterocycles. The zero-order valence-electron chi connectivity index (χ0n) is 11.4. The Balaban J connectivity index is 1.66. The summed E-state index contributed by atoms with van der Waals surface area (Å²) < 4.78 is 5.25. The number of oxazole rings is 1. The molecule has 1 N–H and O–H groups in total. The highest BCUT2D eigenvalue weighted by Gasteiger charge is 2.38. The van der Waals surface area contributed by atoms with Crippen molar-refractivity contribution in [2.75, 3.05) is 26.2 Å². The van der Waals surface area contributed by atoms with E-state index in [2.05, 4.69) is 10.3 Å². The molecule has 1 aromatic rings. The molecular weight excluding hydrogens is 242 g/mol. The average Bonchev–Trinajstić information content (AvgIpc) is 3.08. The zero-order valence-corrected chi connectivity index (χ0v) is 11.4. The van der Waals surface area contributed by atoms with Gasteiger partial charge in [0.15, 0.2) is 12.1 Å². The van der Waals surface area contributed by atoms with E-state index in [4.69, 9.17) is 4.42 Å². The molecule has 0 aromatic carbocycles. The summed E-state index contributed by atoms with van der Waals surface area (Å²) in [6, 6.07) is 0. The van der Waals surface area contributed by atoms with Crippen LogP contribution in [0.4, 0.5) is 0 Å². The molecule has 5 heteroatoms. The maximum atomic E-state index is 12.4. The van der Waals surface area contributed by atoms with Crippen LogP contribution in [0.3, 0.4) is 0 Å². The number of aryl methyl sites for hydroxylation is 1. The molecule has 3 heterocycles. The first-order chi connectivity index (χ1) is 9.24. The van der Waals surface area contributed by atoms with Crippen LogP contribution in [0.5, 0.6) is 0 Å². The van der Waals surface area contributed by atoms with E-state index >= 15 is 0 Å². The van der Waals surface area contributed by atoms with Crippen molar-refractivity contribution in [1.82, 2.24) is 15.2 Å². The Hall–Kier alpha value is -1.36. The third-order valence-electron chi connectivity index (χ3n) is 4.61. The third kappa shape index (κ3) is 2.27. The Kier molecular flexibility index (Phi) is 3.31. The number of nitrogens with zero attached hydrogens (tertiary/aromatic N) is 2. The molecule has 0 aliphatic carbocycles. The van der Waals surface area contributed by atoms with Crippen LogP contribution in [0, 0.1) is 5.41 Å². The second kappa shape index (κ2) is 4.96. The molecule has 1 aromatic heterocycles. The Bertz CT molecular complexity index is 453. The molecule has 0 radical (unpaired) electrons. The number of hydrogen-bond acceptors (Lipinski definition) is 4. The van der Waals surface area contributed by atoms with Crippen molar-refractivity contribution in [2.45, 2.75) is 32.6 Å². The van der Waals surface area contributed by atoms with Crippen LogP contribution >= 0.6 is 0 Å². The summed E-state index contributed by atoms with van der Waals surface area (Å²) in [5.41, 5.74) is 0.941. The topological polar surface area (TPSA) is 58.4 Å². The Morgan fingerprint density at radius 2 is 2.26 bits per heavy atom. The highest BCUT2D eigenvalue weighted by Crippen LogP contribution is 2.37. The maximum Gasteiger partial charge on any atom is 0.276 e. The first kappa shape index (κ1) is 12.7. The van der Waals surface area contributed by atoms with E-state index in [1.165, 1.54) is 12.8 Å². The van der Waals surface area contributed by atoms with Crippen LogP contribution in [-0.4, -0.2) is 42.0 Å². The zero-order chi connectivity index (χ0) is 13.3. The van der Waals surface area contributed by atoms with Gasteiger partial charge in [-0.05, 0) is 31.2 Å². The second-order valence-electron chi connectivity index (χ2n) is 5.70. The highest BCUT2D eigenvalue weighted by atomic mass is 16.3. The number of carbonyl (C=O) groups excluding carboxylic acids is 1. The number of piperidine rings is 1. The first-order valence-corrected chi connectivity index (χ1v) is 7.16. The van der Waals surface area contributed by atoms with Crippen molar-refractivity contribution < 1.29 is 9.21 Å². The van der Waals surface area contributed by atoms with Crippen molar-refractivity contribution in [3.05, 3.63) is 17.8 Å². The molecule has 1 spiro atoms. The van der Waals surface area contributed by atoms with Gasteiger partial charge in [0.2, 0.25) is 0 Å². The van der Waals surface area contributed by atoms with Crippen molar-refractivity contribution in [2.24, 2.45) is 5.41 Å². The minimum Gasteiger partial charge on any atom is -0.448 e. The highest BCUT2D eigenvalue weighted by molar-refractivity contribution is 5.93. The lowest BCUT2D eigenvalue weighted by atomic mass is 9.78. The largest absolute Gasteiger partial charge is 0.448 e. The molecule has 104 valence electrons. The smallest absolute Gasteiger partial charge is 0.276 e. The number of aromatic nitrogens is 1. The van der Waals surface area contributed by atoms with Gasteiger partial charge in [-0.25, -0.2) is 4.98 Å².